The van der Waals surface area contributed by atoms with Crippen LogP contribution in [0.5, 0.6) is 11.5 Å². The van der Waals surface area contributed by atoms with Crippen molar-refractivity contribution in [1.29, 1.82) is 0 Å². The number of hydrogen-bond donors (Lipinski definition) is 0. The summed E-state index contributed by atoms with van der Waals surface area (Å²) < 4.78 is 11.4. The van der Waals surface area contributed by atoms with Gasteiger partial charge in [0.15, 0.2) is 5.75 Å². The van der Waals surface area contributed by atoms with E-state index in [1.165, 1.54) is 28.1 Å². The zero-order valence-corrected chi connectivity index (χ0v) is 30.9. The van der Waals surface area contributed by atoms with Crippen LogP contribution in [0, 0.1) is 20.8 Å². The number of hydrogen-bond acceptors (Lipinski definition) is 5. The molecule has 0 fully saturated rings. The zero-order valence-electron chi connectivity index (χ0n) is 30.9. The number of aryl methyl sites for hydroxylation is 3. The topological polar surface area (TPSA) is 51.4 Å². The van der Waals surface area contributed by atoms with Gasteiger partial charge in [-0.25, -0.2) is 9.97 Å². The van der Waals surface area contributed by atoms with Crippen LogP contribution in [0.4, 0.5) is 22.7 Å². The number of pyridine rings is 1. The maximum atomic E-state index is 7.10. The minimum Gasteiger partial charge on any atom is -0.455 e. The fraction of sp³-hybridized carbons (Fsp3) is 0.0833. The molecule has 0 saturated carbocycles. The van der Waals surface area contributed by atoms with Crippen molar-refractivity contribution in [3.63, 3.8) is 0 Å². The van der Waals surface area contributed by atoms with Crippen LogP contribution in [0.2, 0.25) is 0 Å². The first-order valence-electron chi connectivity index (χ1n) is 18.6. The summed E-state index contributed by atoms with van der Waals surface area (Å²) in [5.74, 6) is 3.06. The minimum absolute atomic E-state index is 0.686. The van der Waals surface area contributed by atoms with Crippen molar-refractivity contribution in [3.8, 4) is 34.4 Å². The van der Waals surface area contributed by atoms with Crippen molar-refractivity contribution in [3.05, 3.63) is 181 Å². The second-order valence-electron chi connectivity index (χ2n) is 14.2. The number of para-hydroxylation sites is 4. The van der Waals surface area contributed by atoms with Crippen LogP contribution in [0.1, 0.15) is 16.7 Å². The number of rotatable bonds is 7. The Morgan fingerprint density at radius 3 is 2.11 bits per heavy atom. The standard InChI is InChI=1S/C48H38N6O/c1-32-26-33(2)46(34(3)27-32)53-31-52(42-20-9-10-21-43(42)53)37-16-13-17-38(30-37)55-44-29-35(48-50-24-25-51(48)45-22-11-12-23-49-45)28-40-39-18-7-8-19-41(39)54(47(40)44)36-14-5-4-6-15-36/h4-30H,31H2,1-3H3. The Bertz CT molecular complexity index is 2850. The average molecular weight is 715 g/mol. The molecule has 1 aliphatic rings. The van der Waals surface area contributed by atoms with Gasteiger partial charge in [-0.1, -0.05) is 78.4 Å². The van der Waals surface area contributed by atoms with E-state index in [4.69, 9.17) is 9.72 Å². The van der Waals surface area contributed by atoms with E-state index < -0.39 is 0 Å². The molecule has 0 N–H and O–H groups in total. The first-order chi connectivity index (χ1) is 27.0. The Morgan fingerprint density at radius 1 is 0.582 bits per heavy atom. The van der Waals surface area contributed by atoms with Crippen LogP contribution in [-0.4, -0.2) is 25.8 Å². The Labute approximate surface area is 320 Å². The van der Waals surface area contributed by atoms with E-state index in [0.29, 0.717) is 6.67 Å². The Balaban J connectivity index is 1.13. The predicted octanol–water partition coefficient (Wildman–Crippen LogP) is 12.0. The highest BCUT2D eigenvalue weighted by molar-refractivity contribution is 6.12. The smallest absolute Gasteiger partial charge is 0.152 e. The largest absolute Gasteiger partial charge is 0.455 e. The van der Waals surface area contributed by atoms with Crippen LogP contribution in [0.3, 0.4) is 0 Å². The fourth-order valence-electron chi connectivity index (χ4n) is 8.38. The van der Waals surface area contributed by atoms with Gasteiger partial charge in [0, 0.05) is 58.1 Å². The third-order valence-corrected chi connectivity index (χ3v) is 10.6. The molecule has 0 amide bonds. The van der Waals surface area contributed by atoms with Gasteiger partial charge in [-0.3, -0.25) is 4.57 Å². The van der Waals surface area contributed by atoms with Crippen molar-refractivity contribution in [2.75, 3.05) is 16.5 Å². The van der Waals surface area contributed by atoms with Crippen molar-refractivity contribution < 1.29 is 4.74 Å². The molecule has 7 heteroatoms. The van der Waals surface area contributed by atoms with E-state index in [9.17, 15) is 0 Å². The van der Waals surface area contributed by atoms with E-state index >= 15 is 0 Å². The monoisotopic (exact) mass is 714 g/mol. The molecule has 9 aromatic rings. The third-order valence-electron chi connectivity index (χ3n) is 10.6. The molecule has 7 nitrogen and oxygen atoms in total. The summed E-state index contributed by atoms with van der Waals surface area (Å²) in [4.78, 5) is 14.3. The quantitative estimate of drug-likeness (QED) is 0.164. The summed E-state index contributed by atoms with van der Waals surface area (Å²) in [7, 11) is 0. The Morgan fingerprint density at radius 2 is 1.31 bits per heavy atom. The zero-order chi connectivity index (χ0) is 37.0. The van der Waals surface area contributed by atoms with Crippen molar-refractivity contribution in [2.45, 2.75) is 20.8 Å². The summed E-state index contributed by atoms with van der Waals surface area (Å²) in [6.45, 7) is 7.27. The minimum atomic E-state index is 0.686. The van der Waals surface area contributed by atoms with Crippen LogP contribution in [0.25, 0.3) is 44.7 Å². The van der Waals surface area contributed by atoms with Gasteiger partial charge in [0.05, 0.1) is 22.4 Å². The van der Waals surface area contributed by atoms with Gasteiger partial charge < -0.3 is 19.1 Å². The highest BCUT2D eigenvalue weighted by Gasteiger charge is 2.30. The molecular formula is C48H38N6O. The Hall–Kier alpha value is -7.12. The molecule has 55 heavy (non-hydrogen) atoms. The SMILES string of the molecule is Cc1cc(C)c(N2CN(c3cccc(Oc4cc(-c5nccn5-c5ccccn5)cc5c6ccccc6n(-c6ccccc6)c45)c3)c3ccccc32)c(C)c1. The predicted molar refractivity (Wildman–Crippen MR) is 224 cm³/mol. The molecule has 3 aromatic heterocycles. The van der Waals surface area contributed by atoms with Gasteiger partial charge in [0.25, 0.3) is 0 Å². The number of fused-ring (bicyclic) bond motifs is 4. The molecule has 266 valence electrons. The van der Waals surface area contributed by atoms with Crippen LogP contribution in [-0.2, 0) is 0 Å². The lowest BCUT2D eigenvalue weighted by atomic mass is 10.0. The summed E-state index contributed by atoms with van der Waals surface area (Å²) in [6.07, 6.45) is 5.58. The van der Waals surface area contributed by atoms with Crippen LogP contribution in [0.15, 0.2) is 164 Å². The molecule has 0 bridgehead atoms. The first-order valence-corrected chi connectivity index (χ1v) is 18.6. The molecule has 6 aromatic carbocycles. The Kier molecular flexibility index (Phi) is 7.73. The number of imidazole rings is 1. The van der Waals surface area contributed by atoms with E-state index in [-0.39, 0.29) is 0 Å². The molecule has 10 rings (SSSR count). The molecule has 0 atom stereocenters. The fourth-order valence-corrected chi connectivity index (χ4v) is 8.38. The van der Waals surface area contributed by atoms with Crippen molar-refractivity contribution >= 4 is 44.6 Å². The van der Waals surface area contributed by atoms with Crippen LogP contribution < -0.4 is 14.5 Å². The summed E-state index contributed by atoms with van der Waals surface area (Å²) in [5.41, 5.74) is 12.6. The van der Waals surface area contributed by atoms with Crippen molar-refractivity contribution in [1.82, 2.24) is 19.1 Å². The van der Waals surface area contributed by atoms with Gasteiger partial charge >= 0.3 is 0 Å². The third kappa shape index (κ3) is 5.51. The lowest BCUT2D eigenvalue weighted by Gasteiger charge is -2.25. The van der Waals surface area contributed by atoms with E-state index in [1.54, 1.807) is 6.20 Å². The van der Waals surface area contributed by atoms with Gasteiger partial charge in [-0.05, 0) is 98.6 Å². The van der Waals surface area contributed by atoms with Gasteiger partial charge in [0.2, 0.25) is 0 Å². The summed E-state index contributed by atoms with van der Waals surface area (Å²) in [6, 6.07) is 50.9. The number of anilines is 4. The van der Waals surface area contributed by atoms with Gasteiger partial charge in [-0.15, -0.1) is 0 Å². The van der Waals surface area contributed by atoms with Gasteiger partial charge in [0.1, 0.15) is 24.1 Å². The van der Waals surface area contributed by atoms with E-state index in [2.05, 4.69) is 161 Å². The number of ether oxygens (including phenoxy) is 1. The molecular weight excluding hydrogens is 677 g/mol. The summed E-state index contributed by atoms with van der Waals surface area (Å²) in [5, 5.41) is 2.21. The molecule has 0 spiro atoms. The molecule has 0 radical (unpaired) electrons. The molecule has 4 heterocycles. The second-order valence-corrected chi connectivity index (χ2v) is 14.2. The lowest BCUT2D eigenvalue weighted by Crippen LogP contribution is -2.25. The van der Waals surface area contributed by atoms with Gasteiger partial charge in [-0.2, -0.15) is 0 Å². The summed E-state index contributed by atoms with van der Waals surface area (Å²) >= 11 is 0. The lowest BCUT2D eigenvalue weighted by molar-refractivity contribution is 0.487. The molecule has 0 saturated heterocycles. The first kappa shape index (κ1) is 32.5. The molecule has 0 aliphatic carbocycles. The van der Waals surface area contributed by atoms with Crippen molar-refractivity contribution in [2.24, 2.45) is 0 Å². The average Bonchev–Trinajstić information content (AvgIpc) is 3.94. The second kappa shape index (κ2) is 13.1. The maximum absolute atomic E-state index is 7.10. The highest BCUT2D eigenvalue weighted by Crippen LogP contribution is 2.47. The van der Waals surface area contributed by atoms with Crippen LogP contribution >= 0.6 is 0 Å². The normalized spacial score (nSPS) is 12.5. The molecule has 1 aliphatic heterocycles. The number of aromatic nitrogens is 4. The van der Waals surface area contributed by atoms with E-state index in [0.717, 1.165) is 67.6 Å². The number of benzene rings is 6. The molecule has 0 unspecified atom stereocenters. The maximum Gasteiger partial charge on any atom is 0.152 e. The number of nitrogens with zero attached hydrogens (tertiary/aromatic N) is 6. The van der Waals surface area contributed by atoms with E-state index in [1.807, 2.05) is 41.2 Å². The highest BCUT2D eigenvalue weighted by atomic mass is 16.5.